The molecule has 17 heavy (non-hydrogen) atoms. The van der Waals surface area contributed by atoms with Crippen LogP contribution in [0.4, 0.5) is 4.39 Å². The normalized spacial score (nSPS) is 21.5. The Balaban J connectivity index is 2.17. The summed E-state index contributed by atoms with van der Waals surface area (Å²) in [6.07, 6.45) is 9.58. The molecule has 0 unspecified atom stereocenters. The maximum Gasteiger partial charge on any atom is 0.114 e. The van der Waals surface area contributed by atoms with Crippen molar-refractivity contribution in [2.24, 2.45) is 5.92 Å². The maximum atomic E-state index is 13.1. The molecule has 102 valence electrons. The fraction of sp³-hybridized carbons (Fsp3) is 1.00. The molecule has 0 spiro atoms. The molecular formula is C15H30FN. The number of unbranched alkanes of at least 4 members (excludes halogenated alkanes) is 2. The van der Waals surface area contributed by atoms with E-state index in [2.05, 4.69) is 18.7 Å². The summed E-state index contributed by atoms with van der Waals surface area (Å²) >= 11 is 0. The van der Waals surface area contributed by atoms with Gasteiger partial charge in [0.1, 0.15) is 6.17 Å². The molecule has 1 aliphatic heterocycles. The molecule has 0 aromatic rings. The van der Waals surface area contributed by atoms with Crippen molar-refractivity contribution in [3.05, 3.63) is 0 Å². The van der Waals surface area contributed by atoms with Gasteiger partial charge in [-0.05, 0) is 25.3 Å². The van der Waals surface area contributed by atoms with Crippen LogP contribution in [0.2, 0.25) is 0 Å². The van der Waals surface area contributed by atoms with Crippen LogP contribution in [-0.2, 0) is 0 Å². The van der Waals surface area contributed by atoms with Gasteiger partial charge in [0, 0.05) is 13.1 Å². The van der Waals surface area contributed by atoms with E-state index in [0.717, 1.165) is 25.4 Å². The molecule has 1 saturated heterocycles. The summed E-state index contributed by atoms with van der Waals surface area (Å²) in [5.74, 6) is 0.883. The minimum atomic E-state index is -0.556. The van der Waals surface area contributed by atoms with Gasteiger partial charge in [0.2, 0.25) is 0 Å². The number of halogens is 1. The Bertz CT molecular complexity index is 176. The van der Waals surface area contributed by atoms with Gasteiger partial charge in [0.25, 0.3) is 0 Å². The molecule has 1 heterocycles. The van der Waals surface area contributed by atoms with Crippen LogP contribution in [-0.4, -0.2) is 30.7 Å². The van der Waals surface area contributed by atoms with E-state index in [-0.39, 0.29) is 0 Å². The van der Waals surface area contributed by atoms with Crippen LogP contribution >= 0.6 is 0 Å². The lowest BCUT2D eigenvalue weighted by Crippen LogP contribution is -2.24. The second-order valence-corrected chi connectivity index (χ2v) is 5.63. The van der Waals surface area contributed by atoms with E-state index in [1.54, 1.807) is 0 Å². The van der Waals surface area contributed by atoms with E-state index < -0.39 is 6.17 Å². The first-order chi connectivity index (χ1) is 8.26. The molecule has 1 nitrogen and oxygen atoms in total. The lowest BCUT2D eigenvalue weighted by molar-refractivity contribution is 0.258. The fourth-order valence-corrected chi connectivity index (χ4v) is 2.77. The largest absolute Gasteiger partial charge is 0.300 e. The Kier molecular flexibility index (Phi) is 7.83. The van der Waals surface area contributed by atoms with Crippen molar-refractivity contribution in [3.8, 4) is 0 Å². The van der Waals surface area contributed by atoms with E-state index in [1.807, 2.05) is 0 Å². The zero-order valence-corrected chi connectivity index (χ0v) is 11.8. The van der Waals surface area contributed by atoms with Crippen molar-refractivity contribution in [1.29, 1.82) is 0 Å². The highest BCUT2D eigenvalue weighted by Crippen LogP contribution is 2.21. The maximum absolute atomic E-state index is 13.1. The van der Waals surface area contributed by atoms with Crippen molar-refractivity contribution in [2.45, 2.75) is 71.4 Å². The molecule has 0 radical (unpaired) electrons. The fourth-order valence-electron chi connectivity index (χ4n) is 2.77. The highest BCUT2D eigenvalue weighted by Gasteiger charge is 2.21. The van der Waals surface area contributed by atoms with Crippen molar-refractivity contribution in [1.82, 2.24) is 4.90 Å². The third kappa shape index (κ3) is 6.40. The molecule has 0 aliphatic carbocycles. The Hall–Kier alpha value is -0.110. The lowest BCUT2D eigenvalue weighted by Gasteiger charge is -2.20. The molecule has 0 N–H and O–H groups in total. The van der Waals surface area contributed by atoms with Gasteiger partial charge >= 0.3 is 0 Å². The number of alkyl halides is 1. The second-order valence-electron chi connectivity index (χ2n) is 5.63. The van der Waals surface area contributed by atoms with Crippen LogP contribution in [0.1, 0.15) is 65.2 Å². The standard InChI is InChI=1S/C15H30FN/c1-3-5-7-14(8-6-4-2)9-11-17-12-10-15(16)13-17/h14-15H,3-13H2,1-2H3/t15-/m0/s1. The first kappa shape index (κ1) is 14.9. The highest BCUT2D eigenvalue weighted by molar-refractivity contribution is 4.75. The summed E-state index contributed by atoms with van der Waals surface area (Å²) in [6.45, 7) is 7.33. The third-order valence-corrected chi connectivity index (χ3v) is 4.00. The summed E-state index contributed by atoms with van der Waals surface area (Å²) in [5.41, 5.74) is 0. The number of hydrogen-bond acceptors (Lipinski definition) is 1. The van der Waals surface area contributed by atoms with Gasteiger partial charge in [-0.25, -0.2) is 4.39 Å². The molecule has 0 saturated carbocycles. The molecule has 1 fully saturated rings. The summed E-state index contributed by atoms with van der Waals surface area (Å²) in [5, 5.41) is 0. The molecular weight excluding hydrogens is 213 g/mol. The monoisotopic (exact) mass is 243 g/mol. The Morgan fingerprint density at radius 1 is 1.12 bits per heavy atom. The molecule has 0 bridgehead atoms. The van der Waals surface area contributed by atoms with E-state index in [4.69, 9.17) is 0 Å². The van der Waals surface area contributed by atoms with Crippen LogP contribution in [0.5, 0.6) is 0 Å². The van der Waals surface area contributed by atoms with Gasteiger partial charge in [-0.2, -0.15) is 0 Å². The number of nitrogens with zero attached hydrogens (tertiary/aromatic N) is 1. The topological polar surface area (TPSA) is 3.24 Å². The summed E-state index contributed by atoms with van der Waals surface area (Å²) in [6, 6.07) is 0. The van der Waals surface area contributed by atoms with Crippen LogP contribution < -0.4 is 0 Å². The van der Waals surface area contributed by atoms with Crippen LogP contribution in [0.25, 0.3) is 0 Å². The highest BCUT2D eigenvalue weighted by atomic mass is 19.1. The van der Waals surface area contributed by atoms with Gasteiger partial charge in [0.05, 0.1) is 0 Å². The first-order valence-electron chi connectivity index (χ1n) is 7.62. The number of hydrogen-bond donors (Lipinski definition) is 0. The van der Waals surface area contributed by atoms with E-state index in [0.29, 0.717) is 6.54 Å². The Morgan fingerprint density at radius 2 is 1.76 bits per heavy atom. The van der Waals surface area contributed by atoms with Crippen molar-refractivity contribution in [3.63, 3.8) is 0 Å². The average Bonchev–Trinajstić information content (AvgIpc) is 2.74. The zero-order valence-electron chi connectivity index (χ0n) is 11.8. The van der Waals surface area contributed by atoms with Gasteiger partial charge in [-0.1, -0.05) is 52.4 Å². The summed E-state index contributed by atoms with van der Waals surface area (Å²) < 4.78 is 13.1. The number of rotatable bonds is 9. The predicted octanol–water partition coefficient (Wildman–Crippen LogP) is 4.42. The first-order valence-corrected chi connectivity index (χ1v) is 7.62. The predicted molar refractivity (Wildman–Crippen MR) is 73.1 cm³/mol. The Labute approximate surface area is 107 Å². The Morgan fingerprint density at radius 3 is 2.24 bits per heavy atom. The van der Waals surface area contributed by atoms with Crippen molar-refractivity contribution < 1.29 is 4.39 Å². The average molecular weight is 243 g/mol. The van der Waals surface area contributed by atoms with Crippen LogP contribution in [0.3, 0.4) is 0 Å². The molecule has 0 aromatic heterocycles. The van der Waals surface area contributed by atoms with Crippen LogP contribution in [0.15, 0.2) is 0 Å². The quantitative estimate of drug-likeness (QED) is 0.579. The molecule has 0 aromatic carbocycles. The zero-order chi connectivity index (χ0) is 12.5. The van der Waals surface area contributed by atoms with Gasteiger partial charge < -0.3 is 4.90 Å². The van der Waals surface area contributed by atoms with Gasteiger partial charge in [0.15, 0.2) is 0 Å². The van der Waals surface area contributed by atoms with E-state index in [1.165, 1.54) is 44.9 Å². The van der Waals surface area contributed by atoms with Crippen molar-refractivity contribution in [2.75, 3.05) is 19.6 Å². The summed E-state index contributed by atoms with van der Waals surface area (Å²) in [4.78, 5) is 2.32. The second kappa shape index (κ2) is 8.91. The smallest absolute Gasteiger partial charge is 0.114 e. The SMILES string of the molecule is CCCCC(CCCC)CCN1CC[C@H](F)C1. The minimum Gasteiger partial charge on any atom is -0.300 e. The van der Waals surface area contributed by atoms with E-state index in [9.17, 15) is 4.39 Å². The molecule has 1 atom stereocenters. The molecule has 0 amide bonds. The minimum absolute atomic E-state index is 0.556. The lowest BCUT2D eigenvalue weighted by atomic mass is 9.93. The van der Waals surface area contributed by atoms with E-state index >= 15 is 0 Å². The number of likely N-dealkylation sites (tertiary alicyclic amines) is 1. The molecule has 2 heteroatoms. The van der Waals surface area contributed by atoms with Gasteiger partial charge in [-0.3, -0.25) is 0 Å². The van der Waals surface area contributed by atoms with Crippen LogP contribution in [0, 0.1) is 5.92 Å². The van der Waals surface area contributed by atoms with Gasteiger partial charge in [-0.15, -0.1) is 0 Å². The molecule has 1 rings (SSSR count). The molecule has 1 aliphatic rings. The third-order valence-electron chi connectivity index (χ3n) is 4.00. The van der Waals surface area contributed by atoms with Crippen molar-refractivity contribution >= 4 is 0 Å². The summed E-state index contributed by atoms with van der Waals surface area (Å²) in [7, 11) is 0.